The predicted octanol–water partition coefficient (Wildman–Crippen LogP) is 4.76. The zero-order valence-electron chi connectivity index (χ0n) is 19.2. The molecule has 4 aromatic heterocycles. The predicted molar refractivity (Wildman–Crippen MR) is 138 cm³/mol. The number of nitrogens with zero attached hydrogens (tertiary/aromatic N) is 7. The number of rotatable bonds is 10. The minimum Gasteiger partial charge on any atom is -0.475 e. The summed E-state index contributed by atoms with van der Waals surface area (Å²) in [5, 5.41) is 16.7. The average Bonchev–Trinajstić information content (AvgIpc) is 3.49. The number of hydrogen-bond acceptors (Lipinski definition) is 9. The van der Waals surface area contributed by atoms with Gasteiger partial charge in [-0.25, -0.2) is 9.97 Å². The van der Waals surface area contributed by atoms with E-state index in [1.807, 2.05) is 42.3 Å². The molecule has 11 nitrogen and oxygen atoms in total. The Morgan fingerprint density at radius 1 is 1.22 bits per heavy atom. The summed E-state index contributed by atoms with van der Waals surface area (Å²) in [5.41, 5.74) is 3.96. The Hall–Kier alpha value is -3.90. The highest BCUT2D eigenvalue weighted by Crippen LogP contribution is 2.31. The van der Waals surface area contributed by atoms with Gasteiger partial charge in [-0.05, 0) is 34.6 Å². The number of imidazole rings is 2. The van der Waals surface area contributed by atoms with E-state index >= 15 is 0 Å². The van der Waals surface area contributed by atoms with E-state index in [0.717, 1.165) is 32.1 Å². The SMILES string of the molecule is CN(CCCOc1ccc2ncc([N+](=O)[O-])n2n1)c1ccnc(CSc2nc3ccccc3[nH]2)c1Cl. The van der Waals surface area contributed by atoms with Gasteiger partial charge in [-0.3, -0.25) is 4.98 Å². The number of halogens is 1. The van der Waals surface area contributed by atoms with Gasteiger partial charge in [-0.2, -0.15) is 0 Å². The van der Waals surface area contributed by atoms with Gasteiger partial charge >= 0.3 is 5.82 Å². The van der Waals surface area contributed by atoms with E-state index in [-0.39, 0.29) is 11.7 Å². The molecule has 5 aromatic rings. The van der Waals surface area contributed by atoms with Crippen LogP contribution in [-0.4, -0.2) is 54.7 Å². The Kier molecular flexibility index (Phi) is 6.87. The maximum absolute atomic E-state index is 11.1. The Bertz CT molecular complexity index is 1510. The lowest BCUT2D eigenvalue weighted by atomic mass is 10.3. The lowest BCUT2D eigenvalue weighted by molar-refractivity contribution is -0.391. The molecule has 36 heavy (non-hydrogen) atoms. The number of nitro groups is 1. The first kappa shape index (κ1) is 23.8. The number of nitrogens with one attached hydrogen (secondary N) is 1. The van der Waals surface area contributed by atoms with Crippen molar-refractivity contribution in [1.82, 2.24) is 29.5 Å². The molecule has 0 spiro atoms. The third-order valence-electron chi connectivity index (χ3n) is 5.46. The molecule has 4 heterocycles. The van der Waals surface area contributed by atoms with Gasteiger partial charge in [-0.1, -0.05) is 40.0 Å². The van der Waals surface area contributed by atoms with Crippen LogP contribution < -0.4 is 9.64 Å². The van der Waals surface area contributed by atoms with E-state index in [0.29, 0.717) is 36.0 Å². The van der Waals surface area contributed by atoms with Crippen LogP contribution >= 0.6 is 23.4 Å². The molecule has 13 heteroatoms. The summed E-state index contributed by atoms with van der Waals surface area (Å²) in [5.74, 6) is 0.660. The first-order valence-corrected chi connectivity index (χ1v) is 12.4. The summed E-state index contributed by atoms with van der Waals surface area (Å²) in [6.45, 7) is 1.05. The molecule has 0 atom stereocenters. The summed E-state index contributed by atoms with van der Waals surface area (Å²) in [6, 6.07) is 13.0. The van der Waals surface area contributed by atoms with Crippen LogP contribution in [0.5, 0.6) is 5.88 Å². The number of aromatic amines is 1. The lowest BCUT2D eigenvalue weighted by Gasteiger charge is -2.21. The number of para-hydroxylation sites is 2. The highest BCUT2D eigenvalue weighted by Gasteiger charge is 2.17. The van der Waals surface area contributed by atoms with E-state index in [2.05, 4.69) is 25.0 Å². The molecular weight excluding hydrogens is 504 g/mol. The number of fused-ring (bicyclic) bond motifs is 2. The van der Waals surface area contributed by atoms with E-state index in [1.54, 1.807) is 30.1 Å². The summed E-state index contributed by atoms with van der Waals surface area (Å²) in [4.78, 5) is 28.9. The monoisotopic (exact) mass is 524 g/mol. The molecule has 0 bridgehead atoms. The quantitative estimate of drug-likeness (QED) is 0.119. The summed E-state index contributed by atoms with van der Waals surface area (Å²) in [7, 11) is 1.95. The number of pyridine rings is 1. The zero-order valence-corrected chi connectivity index (χ0v) is 20.7. The molecule has 1 N–H and O–H groups in total. The van der Waals surface area contributed by atoms with Gasteiger partial charge in [0, 0.05) is 37.7 Å². The van der Waals surface area contributed by atoms with Crippen LogP contribution in [-0.2, 0) is 5.75 Å². The standard InChI is InChI=1S/C23H21ClN8O3S/c1-30(11-4-12-35-20-8-7-19-26-13-21(32(33)34)31(19)29-20)18-9-10-25-17(22(18)24)14-36-23-27-15-5-2-3-6-16(15)28-23/h2-3,5-10,13H,4,11-12,14H2,1H3,(H,27,28). The van der Waals surface area contributed by atoms with E-state index < -0.39 is 4.92 Å². The molecule has 184 valence electrons. The van der Waals surface area contributed by atoms with Crippen molar-refractivity contribution in [3.63, 3.8) is 0 Å². The van der Waals surface area contributed by atoms with E-state index in [4.69, 9.17) is 16.3 Å². The number of ether oxygens (including phenoxy) is 1. The van der Waals surface area contributed by atoms with Gasteiger partial charge in [-0.15, -0.1) is 0 Å². The number of anilines is 1. The molecule has 0 saturated carbocycles. The van der Waals surface area contributed by atoms with Crippen molar-refractivity contribution < 1.29 is 9.66 Å². The molecule has 0 radical (unpaired) electrons. The fourth-order valence-corrected chi connectivity index (χ4v) is 4.89. The number of H-pyrrole nitrogens is 1. The molecule has 0 aliphatic carbocycles. The van der Waals surface area contributed by atoms with E-state index in [9.17, 15) is 10.1 Å². The highest BCUT2D eigenvalue weighted by atomic mass is 35.5. The first-order valence-electron chi connectivity index (χ1n) is 11.0. The molecule has 5 rings (SSSR count). The van der Waals surface area contributed by atoms with Crippen molar-refractivity contribution in [2.75, 3.05) is 25.1 Å². The lowest BCUT2D eigenvalue weighted by Crippen LogP contribution is -2.21. The maximum atomic E-state index is 11.1. The Balaban J connectivity index is 1.16. The molecule has 0 saturated heterocycles. The molecule has 0 fully saturated rings. The van der Waals surface area contributed by atoms with Gasteiger partial charge < -0.3 is 24.7 Å². The average molecular weight is 525 g/mol. The van der Waals surface area contributed by atoms with Gasteiger partial charge in [0.15, 0.2) is 5.16 Å². The second kappa shape index (κ2) is 10.4. The number of thioether (sulfide) groups is 1. The van der Waals surface area contributed by atoms with Gasteiger partial charge in [0.05, 0.1) is 34.0 Å². The van der Waals surface area contributed by atoms with Crippen molar-refractivity contribution in [3.05, 3.63) is 75.7 Å². The minimum atomic E-state index is -0.534. The topological polar surface area (TPSA) is 127 Å². The molecule has 0 aliphatic rings. The fourth-order valence-electron chi connectivity index (χ4n) is 3.65. The molecular formula is C23H21ClN8O3S. The number of hydrogen-bond donors (Lipinski definition) is 1. The zero-order chi connectivity index (χ0) is 25.1. The van der Waals surface area contributed by atoms with Crippen LogP contribution in [0, 0.1) is 10.1 Å². The van der Waals surface area contributed by atoms with Crippen molar-refractivity contribution >= 4 is 51.5 Å². The molecule has 0 unspecified atom stereocenters. The Labute approximate surface area is 214 Å². The smallest absolute Gasteiger partial charge is 0.368 e. The van der Waals surface area contributed by atoms with Crippen LogP contribution in [0.15, 0.2) is 60.0 Å². The van der Waals surface area contributed by atoms with Crippen molar-refractivity contribution in [2.45, 2.75) is 17.3 Å². The normalized spacial score (nSPS) is 11.3. The second-order valence-corrected chi connectivity index (χ2v) is 9.22. The van der Waals surface area contributed by atoms with Crippen LogP contribution in [0.1, 0.15) is 12.1 Å². The third-order valence-corrected chi connectivity index (χ3v) is 6.76. The Morgan fingerprint density at radius 3 is 2.92 bits per heavy atom. The summed E-state index contributed by atoms with van der Waals surface area (Å²) in [6.07, 6.45) is 3.60. The molecule has 1 aromatic carbocycles. The number of benzene rings is 1. The largest absolute Gasteiger partial charge is 0.475 e. The summed E-state index contributed by atoms with van der Waals surface area (Å²) >= 11 is 8.24. The third kappa shape index (κ3) is 5.04. The first-order chi connectivity index (χ1) is 17.5. The van der Waals surface area contributed by atoms with Crippen LogP contribution in [0.25, 0.3) is 16.7 Å². The van der Waals surface area contributed by atoms with Gasteiger partial charge in [0.2, 0.25) is 5.65 Å². The molecule has 0 amide bonds. The minimum absolute atomic E-state index is 0.211. The number of aromatic nitrogens is 6. The molecule has 0 aliphatic heterocycles. The second-order valence-electron chi connectivity index (χ2n) is 7.88. The van der Waals surface area contributed by atoms with Gasteiger partial charge in [0.25, 0.3) is 5.88 Å². The van der Waals surface area contributed by atoms with Crippen molar-refractivity contribution in [3.8, 4) is 5.88 Å². The fraction of sp³-hybridized carbons (Fsp3) is 0.217. The maximum Gasteiger partial charge on any atom is 0.368 e. The Morgan fingerprint density at radius 2 is 2.08 bits per heavy atom. The van der Waals surface area contributed by atoms with Crippen molar-refractivity contribution in [1.29, 1.82) is 0 Å². The van der Waals surface area contributed by atoms with Crippen molar-refractivity contribution in [2.24, 2.45) is 0 Å². The van der Waals surface area contributed by atoms with Crippen LogP contribution in [0.3, 0.4) is 0 Å². The van der Waals surface area contributed by atoms with Gasteiger partial charge in [0.1, 0.15) is 6.20 Å². The summed E-state index contributed by atoms with van der Waals surface area (Å²) < 4.78 is 6.86. The highest BCUT2D eigenvalue weighted by molar-refractivity contribution is 7.98. The van der Waals surface area contributed by atoms with Crippen LogP contribution in [0.4, 0.5) is 11.5 Å². The van der Waals surface area contributed by atoms with Crippen LogP contribution in [0.2, 0.25) is 5.02 Å². The van der Waals surface area contributed by atoms with E-state index in [1.165, 1.54) is 6.20 Å².